The summed E-state index contributed by atoms with van der Waals surface area (Å²) in [7, 11) is 0. The summed E-state index contributed by atoms with van der Waals surface area (Å²) >= 11 is 3.46. The number of aryl methyl sites for hydroxylation is 2. The molecule has 0 radical (unpaired) electrons. The molecule has 0 aliphatic carbocycles. The maximum atomic E-state index is 5.72. The van der Waals surface area contributed by atoms with E-state index < -0.39 is 0 Å². The molecule has 0 spiro atoms. The van der Waals surface area contributed by atoms with Gasteiger partial charge >= 0.3 is 0 Å². The minimum atomic E-state index is 0.660. The Kier molecular flexibility index (Phi) is 3.97. The number of oxazole rings is 1. The van der Waals surface area contributed by atoms with Crippen LogP contribution in [0.5, 0.6) is 0 Å². The highest BCUT2D eigenvalue weighted by Gasteiger charge is 2.09. The van der Waals surface area contributed by atoms with Gasteiger partial charge in [0.1, 0.15) is 0 Å². The average molecular weight is 295 g/mol. The lowest BCUT2D eigenvalue weighted by Crippen LogP contribution is -2.00. The zero-order valence-electron chi connectivity index (χ0n) is 9.74. The van der Waals surface area contributed by atoms with Crippen molar-refractivity contribution in [1.82, 2.24) is 4.98 Å². The molecule has 0 saturated heterocycles. The molecule has 0 aliphatic rings. The lowest BCUT2D eigenvalue weighted by Gasteiger charge is -2.02. The van der Waals surface area contributed by atoms with E-state index in [0.29, 0.717) is 6.54 Å². The van der Waals surface area contributed by atoms with E-state index in [0.717, 1.165) is 34.5 Å². The highest BCUT2D eigenvalue weighted by atomic mass is 79.9. The van der Waals surface area contributed by atoms with Crippen LogP contribution in [0.3, 0.4) is 0 Å². The molecule has 0 amide bonds. The van der Waals surface area contributed by atoms with Crippen molar-refractivity contribution in [2.24, 2.45) is 5.73 Å². The smallest absolute Gasteiger partial charge is 0.194 e. The molecule has 17 heavy (non-hydrogen) atoms. The number of hydrogen-bond acceptors (Lipinski definition) is 3. The highest BCUT2D eigenvalue weighted by molar-refractivity contribution is 9.10. The minimum absolute atomic E-state index is 0.660. The molecule has 1 aromatic carbocycles. The second kappa shape index (κ2) is 5.47. The molecule has 0 unspecified atom stereocenters. The molecule has 1 heterocycles. The third kappa shape index (κ3) is 2.96. The van der Waals surface area contributed by atoms with Crippen LogP contribution in [-0.4, -0.2) is 11.5 Å². The fourth-order valence-corrected chi connectivity index (χ4v) is 2.02. The van der Waals surface area contributed by atoms with Gasteiger partial charge in [-0.15, -0.1) is 0 Å². The van der Waals surface area contributed by atoms with Crippen molar-refractivity contribution in [3.8, 4) is 11.3 Å². The molecular formula is C13H15BrN2O. The Labute approximate surface area is 109 Å². The summed E-state index contributed by atoms with van der Waals surface area (Å²) in [6.45, 7) is 2.72. The first-order valence-electron chi connectivity index (χ1n) is 5.62. The van der Waals surface area contributed by atoms with E-state index in [2.05, 4.69) is 33.9 Å². The van der Waals surface area contributed by atoms with E-state index in [1.165, 1.54) is 5.56 Å². The lowest BCUT2D eigenvalue weighted by atomic mass is 10.1. The molecule has 0 saturated carbocycles. The molecule has 2 aromatic rings. The predicted molar refractivity (Wildman–Crippen MR) is 71.8 cm³/mol. The van der Waals surface area contributed by atoms with E-state index in [-0.39, 0.29) is 0 Å². The maximum Gasteiger partial charge on any atom is 0.194 e. The predicted octanol–water partition coefficient (Wildman–Crippen LogP) is 3.30. The van der Waals surface area contributed by atoms with Crippen molar-refractivity contribution in [1.29, 1.82) is 0 Å². The van der Waals surface area contributed by atoms with Gasteiger partial charge in [0.25, 0.3) is 0 Å². The maximum absolute atomic E-state index is 5.72. The summed E-state index contributed by atoms with van der Waals surface area (Å²) in [4.78, 5) is 4.26. The summed E-state index contributed by atoms with van der Waals surface area (Å²) in [6.07, 6.45) is 3.47. The molecule has 2 N–H and O–H groups in total. The summed E-state index contributed by atoms with van der Waals surface area (Å²) in [6, 6.07) is 6.12. The first-order chi connectivity index (χ1) is 8.20. The van der Waals surface area contributed by atoms with Gasteiger partial charge in [-0.1, -0.05) is 22.0 Å². The van der Waals surface area contributed by atoms with E-state index in [1.807, 2.05) is 12.1 Å². The van der Waals surface area contributed by atoms with Gasteiger partial charge in [-0.05, 0) is 37.6 Å². The number of aromatic nitrogens is 1. The normalized spacial score (nSPS) is 10.8. The molecule has 2 rings (SSSR count). The Morgan fingerprint density at radius 3 is 3.00 bits per heavy atom. The molecule has 1 aromatic heterocycles. The van der Waals surface area contributed by atoms with Gasteiger partial charge in [0.05, 0.1) is 6.20 Å². The number of benzene rings is 1. The van der Waals surface area contributed by atoms with Gasteiger partial charge in [-0.3, -0.25) is 0 Å². The van der Waals surface area contributed by atoms with E-state index in [9.17, 15) is 0 Å². The van der Waals surface area contributed by atoms with Gasteiger partial charge in [-0.2, -0.15) is 0 Å². The summed E-state index contributed by atoms with van der Waals surface area (Å²) in [5, 5.41) is 0. The van der Waals surface area contributed by atoms with Crippen molar-refractivity contribution in [3.05, 3.63) is 40.3 Å². The van der Waals surface area contributed by atoms with Crippen LogP contribution >= 0.6 is 15.9 Å². The minimum Gasteiger partial charge on any atom is -0.441 e. The van der Waals surface area contributed by atoms with Gasteiger partial charge in [0.15, 0.2) is 11.7 Å². The molecule has 3 nitrogen and oxygen atoms in total. The summed E-state index contributed by atoms with van der Waals surface area (Å²) in [5.41, 5.74) is 7.71. The Balaban J connectivity index is 2.27. The van der Waals surface area contributed by atoms with Gasteiger partial charge in [0, 0.05) is 16.5 Å². The van der Waals surface area contributed by atoms with E-state index >= 15 is 0 Å². The SMILES string of the molecule is Cc1ccc(Br)cc1-c1cnc(CCCN)o1. The Morgan fingerprint density at radius 2 is 2.24 bits per heavy atom. The van der Waals surface area contributed by atoms with Crippen molar-refractivity contribution in [2.45, 2.75) is 19.8 Å². The second-order valence-corrected chi connectivity index (χ2v) is 4.89. The molecule has 4 heteroatoms. The van der Waals surface area contributed by atoms with Crippen LogP contribution in [0.2, 0.25) is 0 Å². The second-order valence-electron chi connectivity index (χ2n) is 3.97. The summed E-state index contributed by atoms with van der Waals surface area (Å²) < 4.78 is 6.76. The molecule has 0 aliphatic heterocycles. The molecular weight excluding hydrogens is 280 g/mol. The van der Waals surface area contributed by atoms with Gasteiger partial charge in [-0.25, -0.2) is 4.98 Å². The quantitative estimate of drug-likeness (QED) is 0.941. The Morgan fingerprint density at radius 1 is 1.41 bits per heavy atom. The van der Waals surface area contributed by atoms with Crippen molar-refractivity contribution < 1.29 is 4.42 Å². The molecule has 0 atom stereocenters. The van der Waals surface area contributed by atoms with Crippen LogP contribution in [0.25, 0.3) is 11.3 Å². The van der Waals surface area contributed by atoms with E-state index in [1.54, 1.807) is 6.20 Å². The van der Waals surface area contributed by atoms with Crippen LogP contribution in [0, 0.1) is 6.92 Å². The van der Waals surface area contributed by atoms with Crippen LogP contribution in [-0.2, 0) is 6.42 Å². The third-order valence-corrected chi connectivity index (χ3v) is 3.11. The van der Waals surface area contributed by atoms with E-state index in [4.69, 9.17) is 10.2 Å². The highest BCUT2D eigenvalue weighted by Crippen LogP contribution is 2.27. The Hall–Kier alpha value is -1.13. The first kappa shape index (κ1) is 12.3. The number of nitrogens with two attached hydrogens (primary N) is 1. The number of hydrogen-bond donors (Lipinski definition) is 1. The zero-order chi connectivity index (χ0) is 12.3. The lowest BCUT2D eigenvalue weighted by molar-refractivity contribution is 0.499. The fourth-order valence-electron chi connectivity index (χ4n) is 1.66. The number of halogens is 1. The standard InChI is InChI=1S/C13H15BrN2O/c1-9-4-5-10(14)7-11(9)12-8-16-13(17-12)3-2-6-15/h4-5,7-8H,2-3,6,15H2,1H3. The Bertz CT molecular complexity index is 508. The average Bonchev–Trinajstić information content (AvgIpc) is 2.78. The van der Waals surface area contributed by atoms with Crippen molar-refractivity contribution in [3.63, 3.8) is 0 Å². The summed E-state index contributed by atoms with van der Waals surface area (Å²) in [5.74, 6) is 1.57. The first-order valence-corrected chi connectivity index (χ1v) is 6.41. The number of rotatable bonds is 4. The van der Waals surface area contributed by atoms with Crippen LogP contribution in [0.15, 0.2) is 33.3 Å². The monoisotopic (exact) mass is 294 g/mol. The van der Waals surface area contributed by atoms with Crippen LogP contribution in [0.4, 0.5) is 0 Å². The molecule has 0 fully saturated rings. The molecule has 0 bridgehead atoms. The zero-order valence-corrected chi connectivity index (χ0v) is 11.3. The van der Waals surface area contributed by atoms with Crippen molar-refractivity contribution in [2.75, 3.05) is 6.54 Å². The molecule has 90 valence electrons. The van der Waals surface area contributed by atoms with Gasteiger partial charge < -0.3 is 10.2 Å². The third-order valence-electron chi connectivity index (χ3n) is 2.61. The van der Waals surface area contributed by atoms with Crippen molar-refractivity contribution >= 4 is 15.9 Å². The number of nitrogens with zero attached hydrogens (tertiary/aromatic N) is 1. The van der Waals surface area contributed by atoms with Crippen LogP contribution < -0.4 is 5.73 Å². The van der Waals surface area contributed by atoms with Crippen LogP contribution in [0.1, 0.15) is 17.9 Å². The topological polar surface area (TPSA) is 52.0 Å². The fraction of sp³-hybridized carbons (Fsp3) is 0.308. The largest absolute Gasteiger partial charge is 0.441 e. The van der Waals surface area contributed by atoms with Gasteiger partial charge in [0.2, 0.25) is 0 Å².